The summed E-state index contributed by atoms with van der Waals surface area (Å²) >= 11 is 1.25. The second-order valence-corrected chi connectivity index (χ2v) is 9.86. The van der Waals surface area contributed by atoms with Crippen molar-refractivity contribution in [3.63, 3.8) is 0 Å². The molecule has 0 unspecified atom stereocenters. The molecule has 0 aliphatic rings. The van der Waals surface area contributed by atoms with Crippen molar-refractivity contribution in [2.45, 2.75) is 45.7 Å². The fourth-order valence-corrected chi connectivity index (χ4v) is 4.10. The first-order valence-electron chi connectivity index (χ1n) is 11.4. The molecule has 184 valence electrons. The van der Waals surface area contributed by atoms with Crippen LogP contribution in [-0.2, 0) is 9.59 Å². The van der Waals surface area contributed by atoms with Crippen LogP contribution in [0.4, 0.5) is 10.1 Å². The number of hydrogen-bond donors (Lipinski definition) is 2. The molecule has 3 amide bonds. The second kappa shape index (κ2) is 11.3. The number of thiophene rings is 1. The van der Waals surface area contributed by atoms with Gasteiger partial charge in [0.25, 0.3) is 5.91 Å². The Labute approximate surface area is 209 Å². The number of benzene rings is 2. The van der Waals surface area contributed by atoms with Gasteiger partial charge in [-0.2, -0.15) is 0 Å². The SMILES string of the molecule is CCC(C)(C)NC(=O)[C@H](c1ccc(C)cc1)N(C(=O)CNC(=O)c1cccs1)c1ccccc1F. The van der Waals surface area contributed by atoms with Crippen LogP contribution in [0, 0.1) is 12.7 Å². The molecule has 2 aromatic carbocycles. The van der Waals surface area contributed by atoms with E-state index in [0.29, 0.717) is 16.9 Å². The third-order valence-electron chi connectivity index (χ3n) is 5.77. The normalized spacial score (nSPS) is 12.0. The minimum Gasteiger partial charge on any atom is -0.349 e. The molecule has 8 heteroatoms. The first-order valence-corrected chi connectivity index (χ1v) is 12.3. The molecular formula is C27H30FN3O3S. The summed E-state index contributed by atoms with van der Waals surface area (Å²) in [4.78, 5) is 41.2. The summed E-state index contributed by atoms with van der Waals surface area (Å²) < 4.78 is 15.0. The highest BCUT2D eigenvalue weighted by Crippen LogP contribution is 2.31. The summed E-state index contributed by atoms with van der Waals surface area (Å²) in [7, 11) is 0. The van der Waals surface area contributed by atoms with Crippen molar-refractivity contribution in [1.29, 1.82) is 0 Å². The van der Waals surface area contributed by atoms with Gasteiger partial charge in [-0.05, 0) is 56.3 Å². The average Bonchev–Trinajstić information content (AvgIpc) is 3.37. The standard InChI is InChI=1S/C27H30FN3O3S/c1-5-27(3,4)30-26(34)24(19-14-12-18(2)13-15-19)31(21-10-7-6-9-20(21)28)23(32)17-29-25(33)22-11-8-16-35-22/h6-16,24H,5,17H2,1-4H3,(H,29,33)(H,30,34)/t24-/m0/s1. The van der Waals surface area contributed by atoms with Crippen LogP contribution in [0.2, 0.25) is 0 Å². The molecule has 2 N–H and O–H groups in total. The molecule has 0 radical (unpaired) electrons. The van der Waals surface area contributed by atoms with Gasteiger partial charge in [0.15, 0.2) is 0 Å². The molecule has 0 saturated carbocycles. The van der Waals surface area contributed by atoms with E-state index in [1.54, 1.807) is 35.7 Å². The van der Waals surface area contributed by atoms with Crippen LogP contribution in [-0.4, -0.2) is 29.8 Å². The van der Waals surface area contributed by atoms with E-state index in [2.05, 4.69) is 10.6 Å². The van der Waals surface area contributed by atoms with Gasteiger partial charge in [-0.25, -0.2) is 4.39 Å². The summed E-state index contributed by atoms with van der Waals surface area (Å²) in [5, 5.41) is 7.34. The maximum atomic E-state index is 15.0. The van der Waals surface area contributed by atoms with Gasteiger partial charge in [0.05, 0.1) is 17.1 Å². The minimum atomic E-state index is -1.15. The summed E-state index contributed by atoms with van der Waals surface area (Å²) in [6, 6.07) is 15.2. The van der Waals surface area contributed by atoms with Gasteiger partial charge >= 0.3 is 0 Å². The Bertz CT molecular complexity index is 1180. The Morgan fingerprint density at radius 3 is 2.31 bits per heavy atom. The fraction of sp³-hybridized carbons (Fsp3) is 0.296. The summed E-state index contributed by atoms with van der Waals surface area (Å²) in [6.45, 7) is 7.22. The Morgan fingerprint density at radius 1 is 1.03 bits per heavy atom. The molecule has 0 aliphatic heterocycles. The predicted molar refractivity (Wildman–Crippen MR) is 137 cm³/mol. The molecule has 0 saturated heterocycles. The third kappa shape index (κ3) is 6.54. The van der Waals surface area contributed by atoms with Crippen molar-refractivity contribution in [3.05, 3.63) is 87.9 Å². The summed E-state index contributed by atoms with van der Waals surface area (Å²) in [5.74, 6) is -2.12. The van der Waals surface area contributed by atoms with Gasteiger partial charge in [-0.1, -0.05) is 55.0 Å². The lowest BCUT2D eigenvalue weighted by molar-refractivity contribution is -0.127. The number of amides is 3. The Balaban J connectivity index is 2.04. The maximum absolute atomic E-state index is 15.0. The maximum Gasteiger partial charge on any atom is 0.261 e. The van der Waals surface area contributed by atoms with Crippen molar-refractivity contribution in [3.8, 4) is 0 Å². The van der Waals surface area contributed by atoms with Crippen LogP contribution in [0.15, 0.2) is 66.0 Å². The van der Waals surface area contributed by atoms with Gasteiger partial charge in [-0.3, -0.25) is 19.3 Å². The Kier molecular flexibility index (Phi) is 8.40. The van der Waals surface area contributed by atoms with Crippen LogP contribution in [0.5, 0.6) is 0 Å². The van der Waals surface area contributed by atoms with Crippen LogP contribution >= 0.6 is 11.3 Å². The van der Waals surface area contributed by atoms with E-state index in [1.807, 2.05) is 39.8 Å². The first-order chi connectivity index (χ1) is 16.6. The largest absolute Gasteiger partial charge is 0.349 e. The lowest BCUT2D eigenvalue weighted by Crippen LogP contribution is -2.52. The van der Waals surface area contributed by atoms with E-state index in [4.69, 9.17) is 0 Å². The average molecular weight is 496 g/mol. The molecule has 1 heterocycles. The van der Waals surface area contributed by atoms with Gasteiger partial charge in [-0.15, -0.1) is 11.3 Å². The van der Waals surface area contributed by atoms with E-state index in [1.165, 1.54) is 29.5 Å². The fourth-order valence-electron chi connectivity index (χ4n) is 3.46. The van der Waals surface area contributed by atoms with Crippen molar-refractivity contribution in [2.24, 2.45) is 0 Å². The molecule has 0 spiro atoms. The Hall–Kier alpha value is -3.52. The quantitative estimate of drug-likeness (QED) is 0.438. The number of nitrogens with one attached hydrogen (secondary N) is 2. The third-order valence-corrected chi connectivity index (χ3v) is 6.64. The highest BCUT2D eigenvalue weighted by molar-refractivity contribution is 7.12. The van der Waals surface area contributed by atoms with E-state index >= 15 is 4.39 Å². The number of aryl methyl sites for hydroxylation is 1. The number of carbonyl (C=O) groups is 3. The highest BCUT2D eigenvalue weighted by Gasteiger charge is 2.36. The molecule has 0 fully saturated rings. The van der Waals surface area contributed by atoms with E-state index < -0.39 is 41.7 Å². The van der Waals surface area contributed by atoms with Crippen molar-refractivity contribution >= 4 is 34.7 Å². The van der Waals surface area contributed by atoms with Gasteiger partial charge in [0, 0.05) is 5.54 Å². The summed E-state index contributed by atoms with van der Waals surface area (Å²) in [6.07, 6.45) is 0.657. The second-order valence-electron chi connectivity index (χ2n) is 8.92. The zero-order valence-corrected chi connectivity index (χ0v) is 21.1. The van der Waals surface area contributed by atoms with Gasteiger partial charge in [0.2, 0.25) is 11.8 Å². The van der Waals surface area contributed by atoms with Crippen LogP contribution < -0.4 is 15.5 Å². The molecule has 6 nitrogen and oxygen atoms in total. The highest BCUT2D eigenvalue weighted by atomic mass is 32.1. The molecule has 0 aliphatic carbocycles. The zero-order valence-electron chi connectivity index (χ0n) is 20.3. The molecule has 0 bridgehead atoms. The van der Waals surface area contributed by atoms with E-state index in [-0.39, 0.29) is 5.69 Å². The van der Waals surface area contributed by atoms with Crippen molar-refractivity contribution < 1.29 is 18.8 Å². The molecule has 3 aromatic rings. The molecule has 1 atom stereocenters. The molecular weight excluding hydrogens is 465 g/mol. The van der Waals surface area contributed by atoms with Crippen LogP contribution in [0.1, 0.15) is 54.0 Å². The molecule has 35 heavy (non-hydrogen) atoms. The lowest BCUT2D eigenvalue weighted by Gasteiger charge is -2.34. The molecule has 1 aromatic heterocycles. The number of hydrogen-bond acceptors (Lipinski definition) is 4. The van der Waals surface area contributed by atoms with Crippen LogP contribution in [0.3, 0.4) is 0 Å². The van der Waals surface area contributed by atoms with Gasteiger partial charge < -0.3 is 10.6 Å². The van der Waals surface area contributed by atoms with Crippen LogP contribution in [0.25, 0.3) is 0 Å². The summed E-state index contributed by atoms with van der Waals surface area (Å²) in [5.41, 5.74) is 0.921. The monoisotopic (exact) mass is 495 g/mol. The Morgan fingerprint density at radius 2 is 1.71 bits per heavy atom. The van der Waals surface area contributed by atoms with E-state index in [9.17, 15) is 14.4 Å². The van der Waals surface area contributed by atoms with Crippen molar-refractivity contribution in [2.75, 3.05) is 11.4 Å². The number of anilines is 1. The predicted octanol–water partition coefficient (Wildman–Crippen LogP) is 5.00. The lowest BCUT2D eigenvalue weighted by atomic mass is 9.97. The first kappa shape index (κ1) is 26.1. The van der Waals surface area contributed by atoms with E-state index in [0.717, 1.165) is 10.5 Å². The number of nitrogens with zero attached hydrogens (tertiary/aromatic N) is 1. The minimum absolute atomic E-state index is 0.0436. The van der Waals surface area contributed by atoms with Gasteiger partial charge in [0.1, 0.15) is 11.9 Å². The zero-order chi connectivity index (χ0) is 25.6. The molecule has 3 rings (SSSR count). The number of carbonyl (C=O) groups excluding carboxylic acids is 3. The van der Waals surface area contributed by atoms with Crippen molar-refractivity contribution in [1.82, 2.24) is 10.6 Å². The number of rotatable bonds is 9. The number of para-hydroxylation sites is 1. The number of halogens is 1. The topological polar surface area (TPSA) is 78.5 Å². The smallest absolute Gasteiger partial charge is 0.261 e.